The van der Waals surface area contributed by atoms with E-state index in [4.69, 9.17) is 30.5 Å². The highest BCUT2D eigenvalue weighted by Crippen LogP contribution is 2.60. The molecule has 8 nitrogen and oxygen atoms in total. The second-order valence-corrected chi connectivity index (χ2v) is 17.6. The Morgan fingerprint density at radius 3 is 1.59 bits per heavy atom. The molecule has 0 radical (unpaired) electrons. The van der Waals surface area contributed by atoms with Crippen LogP contribution in [0.1, 0.15) is 62.5 Å². The van der Waals surface area contributed by atoms with E-state index in [0.717, 1.165) is 8.96 Å². The Hall–Kier alpha value is -5.39. The molecule has 1 aliphatic carbocycles. The lowest BCUT2D eigenvalue weighted by atomic mass is 9.88. The fourth-order valence-corrected chi connectivity index (χ4v) is 7.18. The summed E-state index contributed by atoms with van der Waals surface area (Å²) in [5.74, 6) is 0.971. The first-order valence-corrected chi connectivity index (χ1v) is 20.4. The van der Waals surface area contributed by atoms with Crippen LogP contribution >= 0.6 is 43.5 Å². The predicted molar refractivity (Wildman–Crippen MR) is 231 cm³/mol. The summed E-state index contributed by atoms with van der Waals surface area (Å²) in [5.41, 5.74) is 1.73. The van der Waals surface area contributed by atoms with Gasteiger partial charge in [0.2, 0.25) is 12.2 Å². The third-order valence-electron chi connectivity index (χ3n) is 9.60. The van der Waals surface area contributed by atoms with Crippen LogP contribution in [-0.2, 0) is 19.1 Å². The number of halogens is 3. The summed E-state index contributed by atoms with van der Waals surface area (Å²) in [5, 5.41) is 19.8. The Morgan fingerprint density at radius 2 is 1.14 bits per heavy atom. The predicted octanol–water partition coefficient (Wildman–Crippen LogP) is 13.2. The van der Waals surface area contributed by atoms with E-state index in [1.54, 1.807) is 60.7 Å². The van der Waals surface area contributed by atoms with Crippen molar-refractivity contribution in [3.63, 3.8) is 0 Å². The second kappa shape index (κ2) is 20.3. The van der Waals surface area contributed by atoms with Gasteiger partial charge in [0.15, 0.2) is 0 Å². The minimum atomic E-state index is -1.04. The van der Waals surface area contributed by atoms with Crippen LogP contribution in [0.5, 0.6) is 23.0 Å². The number of rotatable bonds is 13. The molecule has 1 saturated carbocycles. The molecule has 0 aliphatic heterocycles. The summed E-state index contributed by atoms with van der Waals surface area (Å²) in [4.78, 5) is 25.6. The van der Waals surface area contributed by atoms with Gasteiger partial charge in [0.1, 0.15) is 35.1 Å². The Morgan fingerprint density at radius 1 is 0.672 bits per heavy atom. The van der Waals surface area contributed by atoms with Crippen LogP contribution in [0.3, 0.4) is 0 Å². The number of carbonyl (C=O) groups is 2. The first-order valence-electron chi connectivity index (χ1n) is 18.4. The third-order valence-corrected chi connectivity index (χ3v) is 10.4. The Labute approximate surface area is 361 Å². The molecular formula is C47H41Br2ClN2O6. The molecule has 5 atom stereocenters. The number of esters is 2. The van der Waals surface area contributed by atoms with Crippen LogP contribution in [0.4, 0.5) is 0 Å². The monoisotopic (exact) mass is 922 g/mol. The van der Waals surface area contributed by atoms with Crippen molar-refractivity contribution in [2.24, 2.45) is 23.2 Å². The van der Waals surface area contributed by atoms with Gasteiger partial charge in [0.05, 0.1) is 15.2 Å². The Balaban J connectivity index is 0.000000221. The first-order chi connectivity index (χ1) is 27.8. The van der Waals surface area contributed by atoms with Crippen molar-refractivity contribution in [2.75, 3.05) is 0 Å². The molecule has 0 aromatic heterocycles. The molecule has 0 bridgehead atoms. The summed E-state index contributed by atoms with van der Waals surface area (Å²) >= 11 is 12.6. The van der Waals surface area contributed by atoms with Crippen LogP contribution in [0, 0.1) is 45.8 Å². The van der Waals surface area contributed by atoms with E-state index in [-0.39, 0.29) is 29.1 Å². The molecule has 11 heteroatoms. The molecule has 0 unspecified atom stereocenters. The van der Waals surface area contributed by atoms with E-state index in [9.17, 15) is 20.1 Å². The third kappa shape index (κ3) is 11.8. The van der Waals surface area contributed by atoms with Crippen molar-refractivity contribution in [1.82, 2.24) is 0 Å². The Kier molecular flexibility index (Phi) is 15.3. The maximum absolute atomic E-state index is 13.0. The van der Waals surface area contributed by atoms with Crippen molar-refractivity contribution in [3.05, 3.63) is 165 Å². The zero-order valence-electron chi connectivity index (χ0n) is 32.2. The molecule has 0 saturated heterocycles. The number of para-hydroxylation sites is 2. The highest BCUT2D eigenvalue weighted by atomic mass is 79.9. The number of carbonyl (C=O) groups excluding carboxylic acids is 2. The van der Waals surface area contributed by atoms with E-state index in [1.807, 2.05) is 107 Å². The minimum Gasteiger partial charge on any atom is -0.457 e. The van der Waals surface area contributed by atoms with Gasteiger partial charge in [-0.15, -0.1) is 0 Å². The van der Waals surface area contributed by atoms with Gasteiger partial charge in [0, 0.05) is 16.1 Å². The van der Waals surface area contributed by atoms with Gasteiger partial charge in [-0.25, -0.2) is 0 Å². The highest BCUT2D eigenvalue weighted by Gasteiger charge is 2.62. The van der Waals surface area contributed by atoms with Gasteiger partial charge in [-0.2, -0.15) is 10.5 Å². The van der Waals surface area contributed by atoms with Crippen LogP contribution in [0.15, 0.2) is 143 Å². The maximum atomic E-state index is 13.0. The highest BCUT2D eigenvalue weighted by molar-refractivity contribution is 9.28. The summed E-state index contributed by atoms with van der Waals surface area (Å²) in [6.07, 6.45) is -0.0765. The number of nitrogens with zero attached hydrogens (tertiary/aromatic N) is 2. The number of nitriles is 2. The number of hydrogen-bond donors (Lipinski definition) is 0. The molecule has 6 rings (SSSR count). The van der Waals surface area contributed by atoms with E-state index in [2.05, 4.69) is 44.0 Å². The molecule has 0 heterocycles. The normalized spacial score (nSPS) is 16.4. The SMILES string of the molecule is CC(C)[C@H](C(=O)O[C@H](C#N)c1cccc(Oc2ccccc2)c1)c1ccc(Cl)cc1.CC1(C)[C@H](C(=O)O[C@H](C#N)c2cccc(Oc3ccccc3)c2)[C@@H]1C=C(Br)Br. The second-order valence-electron chi connectivity index (χ2n) is 14.4. The Bertz CT molecular complexity index is 2280. The smallest absolute Gasteiger partial charge is 0.315 e. The van der Waals surface area contributed by atoms with Crippen molar-refractivity contribution in [3.8, 4) is 35.1 Å². The van der Waals surface area contributed by atoms with Gasteiger partial charge in [-0.05, 0) is 115 Å². The lowest BCUT2D eigenvalue weighted by molar-refractivity contribution is -0.150. The fourth-order valence-electron chi connectivity index (χ4n) is 6.49. The van der Waals surface area contributed by atoms with Gasteiger partial charge >= 0.3 is 11.9 Å². The van der Waals surface area contributed by atoms with Gasteiger partial charge in [-0.1, -0.05) is 118 Å². The zero-order chi connectivity index (χ0) is 41.8. The average Bonchev–Trinajstić information content (AvgIpc) is 3.75. The standard InChI is InChI=1S/C25H22ClNO3.C22H19Br2NO3/c1-17(2)24(18-11-13-20(26)14-12-18)25(28)30-23(16-27)19-7-6-10-22(15-19)29-21-8-4-3-5-9-21;1-22(2)17(12-19(23)24)20(22)21(26)28-18(13-25)14-7-6-10-16(11-14)27-15-8-4-3-5-9-15/h3-15,17,23-24H,1-2H3;3-12,17-18,20H,1-2H3/t23-,24+;17-,18+,20-/m10/s1. The van der Waals surface area contributed by atoms with E-state index < -0.39 is 24.1 Å². The van der Waals surface area contributed by atoms with E-state index >= 15 is 0 Å². The topological polar surface area (TPSA) is 119 Å². The number of hydrogen-bond acceptors (Lipinski definition) is 8. The summed E-state index contributed by atoms with van der Waals surface area (Å²) in [6.45, 7) is 7.91. The van der Waals surface area contributed by atoms with E-state index in [0.29, 0.717) is 39.1 Å². The first kappa shape index (κ1) is 43.7. The minimum absolute atomic E-state index is 0.00855. The molecule has 0 amide bonds. The van der Waals surface area contributed by atoms with Crippen LogP contribution in [-0.4, -0.2) is 11.9 Å². The zero-order valence-corrected chi connectivity index (χ0v) is 36.1. The molecule has 296 valence electrons. The number of ether oxygens (including phenoxy) is 4. The summed E-state index contributed by atoms with van der Waals surface area (Å²) < 4.78 is 23.6. The molecule has 0 spiro atoms. The molecule has 5 aromatic carbocycles. The summed E-state index contributed by atoms with van der Waals surface area (Å²) in [6, 6.07) is 44.0. The van der Waals surface area contributed by atoms with Gasteiger partial charge in [0.25, 0.3) is 0 Å². The van der Waals surface area contributed by atoms with Crippen LogP contribution in [0.25, 0.3) is 0 Å². The van der Waals surface area contributed by atoms with Crippen LogP contribution < -0.4 is 9.47 Å². The van der Waals surface area contributed by atoms with Crippen molar-refractivity contribution >= 4 is 55.4 Å². The molecule has 1 fully saturated rings. The number of allylic oxidation sites excluding steroid dienone is 1. The number of benzene rings is 5. The van der Waals surface area contributed by atoms with Gasteiger partial charge < -0.3 is 18.9 Å². The lowest BCUT2D eigenvalue weighted by Gasteiger charge is -2.22. The fraction of sp³-hybridized carbons (Fsp3) is 0.234. The van der Waals surface area contributed by atoms with E-state index in [1.165, 1.54) is 0 Å². The van der Waals surface area contributed by atoms with Crippen molar-refractivity contribution in [1.29, 1.82) is 10.5 Å². The maximum Gasteiger partial charge on any atom is 0.315 e. The molecule has 5 aromatic rings. The van der Waals surface area contributed by atoms with Gasteiger partial charge in [-0.3, -0.25) is 9.59 Å². The van der Waals surface area contributed by atoms with Crippen LogP contribution in [0.2, 0.25) is 5.02 Å². The molecular weight excluding hydrogens is 884 g/mol. The molecule has 1 aliphatic rings. The van der Waals surface area contributed by atoms with Crippen molar-refractivity contribution < 1.29 is 28.5 Å². The largest absolute Gasteiger partial charge is 0.457 e. The summed E-state index contributed by atoms with van der Waals surface area (Å²) in [7, 11) is 0. The quantitative estimate of drug-likeness (QED) is 0.107. The molecule has 58 heavy (non-hydrogen) atoms. The average molecular weight is 925 g/mol. The molecule has 0 N–H and O–H groups in total. The van der Waals surface area contributed by atoms with Crippen molar-refractivity contribution in [2.45, 2.75) is 45.8 Å². The lowest BCUT2D eigenvalue weighted by Crippen LogP contribution is -2.22.